The van der Waals surface area contributed by atoms with E-state index in [2.05, 4.69) is 5.14 Å². The van der Waals surface area contributed by atoms with Crippen LogP contribution in [0.1, 0.15) is 11.7 Å². The Bertz CT molecular complexity index is 481. The van der Waals surface area contributed by atoms with Gasteiger partial charge < -0.3 is 0 Å². The molecule has 1 rings (SSSR count). The highest BCUT2D eigenvalue weighted by molar-refractivity contribution is 7.87. The number of hydrogen-bond acceptors (Lipinski definition) is 2. The van der Waals surface area contributed by atoms with E-state index in [0.29, 0.717) is 0 Å². The Hall–Kier alpha value is -0.760. The third-order valence-corrected chi connectivity index (χ3v) is 2.66. The molecule has 0 saturated carbocycles. The van der Waals surface area contributed by atoms with Crippen molar-refractivity contribution >= 4 is 21.8 Å². The maximum absolute atomic E-state index is 13.5. The van der Waals surface area contributed by atoms with E-state index in [0.717, 1.165) is 18.2 Å². The summed E-state index contributed by atoms with van der Waals surface area (Å²) in [7, 11) is -3.96. The van der Waals surface area contributed by atoms with Crippen molar-refractivity contribution in [3.63, 3.8) is 0 Å². The second-order valence-corrected chi connectivity index (χ2v) is 4.81. The number of nitrogens with two attached hydrogens (primary N) is 1. The fourth-order valence-corrected chi connectivity index (χ4v) is 1.72. The first-order valence-electron chi connectivity index (χ1n) is 4.16. The topological polar surface area (TPSA) is 72.2 Å². The molecule has 0 radical (unpaired) electrons. The molecule has 8 heteroatoms. The summed E-state index contributed by atoms with van der Waals surface area (Å²) in [5.74, 6) is -0.597. The van der Waals surface area contributed by atoms with Gasteiger partial charge in [0.05, 0.1) is 0 Å². The molecule has 0 saturated heterocycles. The van der Waals surface area contributed by atoms with E-state index in [9.17, 15) is 17.2 Å². The summed E-state index contributed by atoms with van der Waals surface area (Å²) in [6, 6.07) is 3.12. The number of alkyl halides is 1. The van der Waals surface area contributed by atoms with E-state index in [-0.39, 0.29) is 10.6 Å². The largest absolute Gasteiger partial charge is 0.274 e. The van der Waals surface area contributed by atoms with Crippen LogP contribution in [0.25, 0.3) is 0 Å². The third-order valence-electron chi connectivity index (χ3n) is 1.76. The van der Waals surface area contributed by atoms with Gasteiger partial charge in [-0.15, -0.1) is 0 Å². The van der Waals surface area contributed by atoms with Crippen molar-refractivity contribution in [3.05, 3.63) is 34.6 Å². The summed E-state index contributed by atoms with van der Waals surface area (Å²) in [6.07, 6.45) is -1.69. The minimum Gasteiger partial charge on any atom is -0.241 e. The lowest BCUT2D eigenvalue weighted by Crippen LogP contribution is -2.33. The third kappa shape index (κ3) is 4.01. The van der Waals surface area contributed by atoms with Crippen molar-refractivity contribution < 1.29 is 17.2 Å². The van der Waals surface area contributed by atoms with Crippen LogP contribution in [0.3, 0.4) is 0 Å². The normalized spacial score (nSPS) is 13.8. The minimum atomic E-state index is -3.96. The average Bonchev–Trinajstić information content (AvgIpc) is 2.13. The molecular weight excluding hydrogens is 262 g/mol. The Kier molecular flexibility index (Phi) is 4.20. The van der Waals surface area contributed by atoms with Gasteiger partial charge in [-0.2, -0.15) is 13.1 Å². The molecular formula is C8H9ClF2N2O2S. The number of nitrogens with one attached hydrogen (secondary N) is 1. The van der Waals surface area contributed by atoms with Gasteiger partial charge in [-0.05, 0) is 12.1 Å². The lowest BCUT2D eigenvalue weighted by atomic mass is 10.1. The van der Waals surface area contributed by atoms with E-state index in [1.807, 2.05) is 0 Å². The number of halogens is 3. The first kappa shape index (κ1) is 13.3. The number of hydrogen-bond donors (Lipinski definition) is 2. The predicted octanol–water partition coefficient (Wildman–Crippen LogP) is 1.28. The Morgan fingerprint density at radius 3 is 2.62 bits per heavy atom. The first-order chi connectivity index (χ1) is 7.29. The maximum atomic E-state index is 13.5. The van der Waals surface area contributed by atoms with E-state index in [1.165, 1.54) is 0 Å². The summed E-state index contributed by atoms with van der Waals surface area (Å²) in [4.78, 5) is 0. The highest BCUT2D eigenvalue weighted by Crippen LogP contribution is 2.26. The molecule has 0 aromatic heterocycles. The van der Waals surface area contributed by atoms with Crippen molar-refractivity contribution in [1.29, 1.82) is 0 Å². The van der Waals surface area contributed by atoms with Gasteiger partial charge in [0.15, 0.2) is 0 Å². The zero-order chi connectivity index (χ0) is 12.3. The molecule has 0 heterocycles. The molecule has 90 valence electrons. The summed E-state index contributed by atoms with van der Waals surface area (Å²) >= 11 is 5.59. The molecule has 0 bridgehead atoms. The van der Waals surface area contributed by atoms with Crippen LogP contribution in [0.15, 0.2) is 18.2 Å². The quantitative estimate of drug-likeness (QED) is 0.865. The second-order valence-electron chi connectivity index (χ2n) is 3.03. The number of benzene rings is 1. The molecule has 0 aliphatic heterocycles. The van der Waals surface area contributed by atoms with Crippen molar-refractivity contribution in [2.45, 2.75) is 6.17 Å². The van der Waals surface area contributed by atoms with Crippen molar-refractivity contribution in [3.8, 4) is 0 Å². The minimum absolute atomic E-state index is 0.000725. The highest BCUT2D eigenvalue weighted by atomic mass is 35.5. The molecule has 1 aromatic rings. The van der Waals surface area contributed by atoms with Gasteiger partial charge in [-0.1, -0.05) is 17.7 Å². The fraction of sp³-hybridized carbons (Fsp3) is 0.250. The average molecular weight is 271 g/mol. The van der Waals surface area contributed by atoms with Gasteiger partial charge in [0.2, 0.25) is 0 Å². The van der Waals surface area contributed by atoms with Crippen LogP contribution in [0.4, 0.5) is 8.78 Å². The summed E-state index contributed by atoms with van der Waals surface area (Å²) < 4.78 is 48.9. The Balaban J connectivity index is 2.77. The van der Waals surface area contributed by atoms with Crippen molar-refractivity contribution in [2.24, 2.45) is 5.14 Å². The number of rotatable bonds is 4. The molecule has 0 aliphatic carbocycles. The van der Waals surface area contributed by atoms with Crippen LogP contribution in [-0.2, 0) is 10.2 Å². The van der Waals surface area contributed by atoms with Crippen LogP contribution in [0.2, 0.25) is 5.02 Å². The van der Waals surface area contributed by atoms with Gasteiger partial charge in [0.25, 0.3) is 10.2 Å². The highest BCUT2D eigenvalue weighted by Gasteiger charge is 2.15. The fourth-order valence-electron chi connectivity index (χ4n) is 1.05. The zero-order valence-electron chi connectivity index (χ0n) is 7.95. The van der Waals surface area contributed by atoms with Gasteiger partial charge in [-0.3, -0.25) is 0 Å². The summed E-state index contributed by atoms with van der Waals surface area (Å²) in [6.45, 7) is -0.551. The van der Waals surface area contributed by atoms with E-state index >= 15 is 0 Å². The smallest absolute Gasteiger partial charge is 0.241 e. The van der Waals surface area contributed by atoms with Gasteiger partial charge in [-0.25, -0.2) is 13.9 Å². The SMILES string of the molecule is NS(=O)(=O)NCC(F)c1ccc(F)cc1Cl. The Labute approximate surface area is 96.6 Å². The van der Waals surface area contributed by atoms with E-state index in [4.69, 9.17) is 11.6 Å². The molecule has 0 spiro atoms. The van der Waals surface area contributed by atoms with Crippen molar-refractivity contribution in [1.82, 2.24) is 4.72 Å². The van der Waals surface area contributed by atoms with Crippen LogP contribution in [0.5, 0.6) is 0 Å². The van der Waals surface area contributed by atoms with Gasteiger partial charge >= 0.3 is 0 Å². The molecule has 16 heavy (non-hydrogen) atoms. The molecule has 1 aromatic carbocycles. The van der Waals surface area contributed by atoms with E-state index < -0.39 is 28.7 Å². The lowest BCUT2D eigenvalue weighted by molar-refractivity contribution is 0.343. The van der Waals surface area contributed by atoms with Crippen LogP contribution in [0, 0.1) is 5.82 Å². The monoisotopic (exact) mass is 270 g/mol. The van der Waals surface area contributed by atoms with Gasteiger partial charge in [0.1, 0.15) is 12.0 Å². The molecule has 1 unspecified atom stereocenters. The van der Waals surface area contributed by atoms with Crippen LogP contribution < -0.4 is 9.86 Å². The zero-order valence-corrected chi connectivity index (χ0v) is 9.52. The molecule has 0 aliphatic rings. The van der Waals surface area contributed by atoms with Gasteiger partial charge in [0, 0.05) is 17.1 Å². The lowest BCUT2D eigenvalue weighted by Gasteiger charge is -2.10. The van der Waals surface area contributed by atoms with Crippen LogP contribution in [-0.4, -0.2) is 15.0 Å². The van der Waals surface area contributed by atoms with Crippen LogP contribution >= 0.6 is 11.6 Å². The second kappa shape index (κ2) is 5.05. The Morgan fingerprint density at radius 2 is 2.12 bits per heavy atom. The van der Waals surface area contributed by atoms with Crippen molar-refractivity contribution in [2.75, 3.05) is 6.54 Å². The predicted molar refractivity (Wildman–Crippen MR) is 56.4 cm³/mol. The molecule has 0 amide bonds. The summed E-state index contributed by atoms with van der Waals surface area (Å²) in [5.41, 5.74) is -0.000725. The summed E-state index contributed by atoms with van der Waals surface area (Å²) in [5, 5.41) is 4.52. The first-order valence-corrected chi connectivity index (χ1v) is 6.08. The Morgan fingerprint density at radius 1 is 1.50 bits per heavy atom. The van der Waals surface area contributed by atoms with E-state index in [1.54, 1.807) is 4.72 Å². The molecule has 4 nitrogen and oxygen atoms in total. The maximum Gasteiger partial charge on any atom is 0.274 e. The molecule has 3 N–H and O–H groups in total. The molecule has 0 fully saturated rings. The standard InChI is InChI=1S/C8H9ClF2N2O2S/c9-7-3-5(10)1-2-6(7)8(11)4-13-16(12,14)15/h1-3,8,13H,4H2,(H2,12,14,15). The molecule has 1 atom stereocenters.